The average Bonchev–Trinajstić information content (AvgIpc) is 2.35. The number of thioether (sulfide) groups is 1. The Kier molecular flexibility index (Phi) is 5.11. The normalized spacial score (nSPS) is 10.9. The van der Waals surface area contributed by atoms with E-state index in [1.807, 2.05) is 48.7 Å². The predicted octanol–water partition coefficient (Wildman–Crippen LogP) is 2.61. The SMILES string of the molecule is CSC(=NCc1ccccc1)C(C#N)C#N. The van der Waals surface area contributed by atoms with Gasteiger partial charge in [0, 0.05) is 0 Å². The van der Waals surface area contributed by atoms with Crippen molar-refractivity contribution in [1.29, 1.82) is 10.5 Å². The second-order valence-electron chi connectivity index (χ2n) is 3.04. The molecule has 0 aliphatic rings. The fraction of sp³-hybridized carbons (Fsp3) is 0.250. The van der Waals surface area contributed by atoms with Crippen LogP contribution in [-0.2, 0) is 6.54 Å². The first kappa shape index (κ1) is 12.3. The summed E-state index contributed by atoms with van der Waals surface area (Å²) in [6.45, 7) is 0.511. The molecule has 80 valence electrons. The maximum Gasteiger partial charge on any atom is 0.180 e. The molecule has 1 aromatic carbocycles. The first-order chi connectivity index (χ1) is 7.81. The van der Waals surface area contributed by atoms with Gasteiger partial charge in [-0.25, -0.2) is 0 Å². The molecule has 4 heteroatoms. The maximum absolute atomic E-state index is 8.76. The molecule has 3 nitrogen and oxygen atoms in total. The highest BCUT2D eigenvalue weighted by Gasteiger charge is 2.12. The van der Waals surface area contributed by atoms with Crippen molar-refractivity contribution < 1.29 is 0 Å². The van der Waals surface area contributed by atoms with Crippen molar-refractivity contribution in [2.45, 2.75) is 6.54 Å². The van der Waals surface area contributed by atoms with Crippen LogP contribution < -0.4 is 0 Å². The van der Waals surface area contributed by atoms with Crippen LogP contribution in [-0.4, -0.2) is 11.3 Å². The van der Waals surface area contributed by atoms with Gasteiger partial charge in [-0.3, -0.25) is 4.99 Å². The second-order valence-corrected chi connectivity index (χ2v) is 3.86. The van der Waals surface area contributed by atoms with Crippen molar-refractivity contribution in [2.75, 3.05) is 6.26 Å². The summed E-state index contributed by atoms with van der Waals surface area (Å²) in [7, 11) is 0. The van der Waals surface area contributed by atoms with Crippen LogP contribution in [0.4, 0.5) is 0 Å². The van der Waals surface area contributed by atoms with Gasteiger partial charge in [0.25, 0.3) is 0 Å². The fourth-order valence-corrected chi connectivity index (χ4v) is 1.70. The number of nitrogens with zero attached hydrogens (tertiary/aromatic N) is 3. The van der Waals surface area contributed by atoms with Crippen LogP contribution in [0.2, 0.25) is 0 Å². The minimum absolute atomic E-state index is 0.511. The van der Waals surface area contributed by atoms with E-state index in [9.17, 15) is 0 Å². The van der Waals surface area contributed by atoms with Crippen LogP contribution in [0.5, 0.6) is 0 Å². The van der Waals surface area contributed by atoms with E-state index in [2.05, 4.69) is 4.99 Å². The number of benzene rings is 1. The molecule has 0 aliphatic carbocycles. The molecule has 0 aliphatic heterocycles. The molecule has 0 saturated heterocycles. The van der Waals surface area contributed by atoms with Crippen molar-refractivity contribution in [3.8, 4) is 12.1 Å². The summed E-state index contributed by atoms with van der Waals surface area (Å²) >= 11 is 1.35. The molecule has 0 heterocycles. The van der Waals surface area contributed by atoms with Crippen molar-refractivity contribution in [3.05, 3.63) is 35.9 Å². The van der Waals surface area contributed by atoms with Crippen LogP contribution in [0.1, 0.15) is 5.56 Å². The van der Waals surface area contributed by atoms with Gasteiger partial charge in [0.15, 0.2) is 5.92 Å². The third kappa shape index (κ3) is 3.42. The van der Waals surface area contributed by atoms with E-state index in [1.54, 1.807) is 0 Å². The molecule has 0 saturated carbocycles. The number of hydrogen-bond donors (Lipinski definition) is 0. The number of aliphatic imine (C=N–C) groups is 1. The van der Waals surface area contributed by atoms with Crippen LogP contribution in [0, 0.1) is 28.6 Å². The molecule has 0 amide bonds. The van der Waals surface area contributed by atoms with E-state index in [0.717, 1.165) is 5.56 Å². The molecule has 0 unspecified atom stereocenters. The first-order valence-electron chi connectivity index (χ1n) is 4.73. The number of nitriles is 2. The van der Waals surface area contributed by atoms with Gasteiger partial charge >= 0.3 is 0 Å². The van der Waals surface area contributed by atoms with E-state index >= 15 is 0 Å². The van der Waals surface area contributed by atoms with E-state index in [4.69, 9.17) is 10.5 Å². The van der Waals surface area contributed by atoms with Gasteiger partial charge < -0.3 is 0 Å². The molecule has 0 aromatic heterocycles. The Morgan fingerprint density at radius 1 is 1.31 bits per heavy atom. The molecule has 0 bridgehead atoms. The molecular formula is C12H11N3S. The van der Waals surface area contributed by atoms with E-state index < -0.39 is 5.92 Å². The predicted molar refractivity (Wildman–Crippen MR) is 65.8 cm³/mol. The van der Waals surface area contributed by atoms with Crippen LogP contribution >= 0.6 is 11.8 Å². The Balaban J connectivity index is 2.76. The minimum Gasteiger partial charge on any atom is -0.276 e. The third-order valence-corrected chi connectivity index (χ3v) is 2.76. The summed E-state index contributed by atoms with van der Waals surface area (Å²) in [6.07, 6.45) is 1.82. The smallest absolute Gasteiger partial charge is 0.180 e. The maximum atomic E-state index is 8.76. The van der Waals surface area contributed by atoms with Crippen molar-refractivity contribution in [3.63, 3.8) is 0 Å². The van der Waals surface area contributed by atoms with Gasteiger partial charge in [-0.2, -0.15) is 10.5 Å². The topological polar surface area (TPSA) is 59.9 Å². The quantitative estimate of drug-likeness (QED) is 0.591. The summed E-state index contributed by atoms with van der Waals surface area (Å²) in [5, 5.41) is 18.1. The lowest BCUT2D eigenvalue weighted by molar-refractivity contribution is 1.04. The molecule has 16 heavy (non-hydrogen) atoms. The van der Waals surface area contributed by atoms with E-state index in [-0.39, 0.29) is 0 Å². The van der Waals surface area contributed by atoms with Crippen molar-refractivity contribution in [1.82, 2.24) is 0 Å². The molecular weight excluding hydrogens is 218 g/mol. The second kappa shape index (κ2) is 6.66. The Hall–Kier alpha value is -1.78. The molecule has 0 spiro atoms. The molecule has 1 rings (SSSR count). The Morgan fingerprint density at radius 2 is 1.94 bits per heavy atom. The lowest BCUT2D eigenvalue weighted by atomic mass is 10.2. The summed E-state index contributed by atoms with van der Waals surface area (Å²) in [6, 6.07) is 13.6. The lowest BCUT2D eigenvalue weighted by Crippen LogP contribution is -2.06. The number of hydrogen-bond acceptors (Lipinski definition) is 4. The highest BCUT2D eigenvalue weighted by molar-refractivity contribution is 8.13. The lowest BCUT2D eigenvalue weighted by Gasteiger charge is -2.02. The van der Waals surface area contributed by atoms with E-state index in [0.29, 0.717) is 11.6 Å². The van der Waals surface area contributed by atoms with Crippen LogP contribution in [0.3, 0.4) is 0 Å². The van der Waals surface area contributed by atoms with Crippen molar-refractivity contribution in [2.24, 2.45) is 10.9 Å². The zero-order valence-electron chi connectivity index (χ0n) is 8.92. The first-order valence-corrected chi connectivity index (χ1v) is 5.95. The van der Waals surface area contributed by atoms with Gasteiger partial charge in [0.2, 0.25) is 0 Å². The Morgan fingerprint density at radius 3 is 2.44 bits per heavy atom. The van der Waals surface area contributed by atoms with Gasteiger partial charge in [-0.05, 0) is 11.8 Å². The van der Waals surface area contributed by atoms with Crippen LogP contribution in [0.15, 0.2) is 35.3 Å². The Bertz CT molecular complexity index is 426. The standard InChI is InChI=1S/C12H11N3S/c1-16-12(11(7-13)8-14)15-9-10-5-3-2-4-6-10/h2-6,11H,9H2,1H3. The minimum atomic E-state index is -0.751. The average molecular weight is 229 g/mol. The summed E-state index contributed by atoms with van der Waals surface area (Å²) in [4.78, 5) is 4.29. The molecule has 0 atom stereocenters. The third-order valence-electron chi connectivity index (χ3n) is 1.97. The zero-order chi connectivity index (χ0) is 11.8. The molecule has 0 fully saturated rings. The van der Waals surface area contributed by atoms with Gasteiger partial charge in [-0.15, -0.1) is 11.8 Å². The highest BCUT2D eigenvalue weighted by atomic mass is 32.2. The van der Waals surface area contributed by atoms with Crippen LogP contribution in [0.25, 0.3) is 0 Å². The molecule has 1 aromatic rings. The fourth-order valence-electron chi connectivity index (χ4n) is 1.17. The van der Waals surface area contributed by atoms with Gasteiger partial charge in [0.1, 0.15) is 0 Å². The summed E-state index contributed by atoms with van der Waals surface area (Å²) < 4.78 is 0. The van der Waals surface area contributed by atoms with Gasteiger partial charge in [-0.1, -0.05) is 30.3 Å². The molecule has 0 radical (unpaired) electrons. The van der Waals surface area contributed by atoms with Gasteiger partial charge in [0.05, 0.1) is 23.7 Å². The number of rotatable bonds is 3. The summed E-state index contributed by atoms with van der Waals surface area (Å²) in [5.74, 6) is -0.751. The molecule has 0 N–H and O–H groups in total. The zero-order valence-corrected chi connectivity index (χ0v) is 9.74. The highest BCUT2D eigenvalue weighted by Crippen LogP contribution is 2.11. The van der Waals surface area contributed by atoms with Crippen molar-refractivity contribution >= 4 is 16.8 Å². The Labute approximate surface area is 99.4 Å². The summed E-state index contributed by atoms with van der Waals surface area (Å²) in [5.41, 5.74) is 1.07. The van der Waals surface area contributed by atoms with E-state index in [1.165, 1.54) is 11.8 Å². The largest absolute Gasteiger partial charge is 0.276 e. The monoisotopic (exact) mass is 229 g/mol.